The van der Waals surface area contributed by atoms with E-state index < -0.39 is 17.7 Å². The van der Waals surface area contributed by atoms with Crippen molar-refractivity contribution in [2.75, 3.05) is 32.4 Å². The van der Waals surface area contributed by atoms with Crippen LogP contribution in [0.1, 0.15) is 44.9 Å². The first-order chi connectivity index (χ1) is 13.6. The summed E-state index contributed by atoms with van der Waals surface area (Å²) in [6, 6.07) is -0.773. The summed E-state index contributed by atoms with van der Waals surface area (Å²) in [4.78, 5) is 40.1. The number of Topliss-reactive ketones (excluding diaryl/α,β-unsaturated/α-hetero) is 1. The SMILES string of the molecule is CN1CCSC1=NNC(=O)C(=O)C(NC(=O)C1CCCCC1)C1CCNCC1. The van der Waals surface area contributed by atoms with Gasteiger partial charge in [-0.3, -0.25) is 14.4 Å². The highest BCUT2D eigenvalue weighted by atomic mass is 32.2. The minimum Gasteiger partial charge on any atom is -0.352 e. The van der Waals surface area contributed by atoms with Crippen LogP contribution >= 0.6 is 11.8 Å². The van der Waals surface area contributed by atoms with E-state index in [1.54, 1.807) is 11.8 Å². The van der Waals surface area contributed by atoms with Crippen LogP contribution in [-0.4, -0.2) is 66.1 Å². The molecule has 2 saturated heterocycles. The first-order valence-electron chi connectivity index (χ1n) is 10.3. The summed E-state index contributed by atoms with van der Waals surface area (Å²) < 4.78 is 0. The fraction of sp³-hybridized carbons (Fsp3) is 0.789. The zero-order valence-corrected chi connectivity index (χ0v) is 17.4. The van der Waals surface area contributed by atoms with E-state index in [2.05, 4.69) is 21.2 Å². The average molecular weight is 410 g/mol. The molecule has 0 aromatic rings. The van der Waals surface area contributed by atoms with Crippen molar-refractivity contribution in [2.24, 2.45) is 16.9 Å². The molecule has 156 valence electrons. The Labute approximate surface area is 170 Å². The summed E-state index contributed by atoms with van der Waals surface area (Å²) in [6.45, 7) is 2.45. The molecule has 0 spiro atoms. The van der Waals surface area contributed by atoms with Crippen LogP contribution in [0.4, 0.5) is 0 Å². The lowest BCUT2D eigenvalue weighted by atomic mass is 9.85. The molecule has 0 radical (unpaired) electrons. The van der Waals surface area contributed by atoms with Gasteiger partial charge in [0, 0.05) is 25.3 Å². The van der Waals surface area contributed by atoms with Gasteiger partial charge in [0.25, 0.3) is 0 Å². The number of hydrogen-bond acceptors (Lipinski definition) is 6. The number of nitrogens with one attached hydrogen (secondary N) is 3. The number of ketones is 1. The fourth-order valence-corrected chi connectivity index (χ4v) is 5.07. The van der Waals surface area contributed by atoms with Crippen LogP contribution in [0.25, 0.3) is 0 Å². The van der Waals surface area contributed by atoms with Gasteiger partial charge in [-0.25, -0.2) is 5.43 Å². The second-order valence-corrected chi connectivity index (χ2v) is 8.94. The van der Waals surface area contributed by atoms with Gasteiger partial charge in [-0.15, -0.1) is 5.10 Å². The summed E-state index contributed by atoms with van der Waals surface area (Å²) in [5.74, 6) is -0.580. The van der Waals surface area contributed by atoms with Crippen molar-refractivity contribution in [3.63, 3.8) is 0 Å². The zero-order valence-electron chi connectivity index (χ0n) is 16.5. The van der Waals surface area contributed by atoms with E-state index in [0.717, 1.165) is 70.3 Å². The van der Waals surface area contributed by atoms with Gasteiger partial charge >= 0.3 is 5.91 Å². The molecule has 0 aromatic heterocycles. The highest BCUT2D eigenvalue weighted by Crippen LogP contribution is 2.25. The number of amides is 2. The molecule has 1 unspecified atom stereocenters. The van der Waals surface area contributed by atoms with Crippen LogP contribution in [0, 0.1) is 11.8 Å². The van der Waals surface area contributed by atoms with Gasteiger partial charge in [0.1, 0.15) is 6.04 Å². The summed E-state index contributed by atoms with van der Waals surface area (Å²) in [6.07, 6.45) is 6.52. The van der Waals surface area contributed by atoms with Crippen molar-refractivity contribution in [3.05, 3.63) is 0 Å². The van der Waals surface area contributed by atoms with E-state index in [0.29, 0.717) is 5.17 Å². The lowest BCUT2D eigenvalue weighted by Gasteiger charge is -2.31. The Morgan fingerprint density at radius 1 is 1.14 bits per heavy atom. The third-order valence-electron chi connectivity index (χ3n) is 5.87. The molecule has 0 bridgehead atoms. The summed E-state index contributed by atoms with van der Waals surface area (Å²) >= 11 is 1.54. The van der Waals surface area contributed by atoms with Crippen LogP contribution in [0.15, 0.2) is 5.10 Å². The topological polar surface area (TPSA) is 103 Å². The van der Waals surface area contributed by atoms with Gasteiger partial charge in [-0.1, -0.05) is 31.0 Å². The fourth-order valence-electron chi connectivity index (χ4n) is 4.10. The highest BCUT2D eigenvalue weighted by Gasteiger charge is 2.36. The second kappa shape index (κ2) is 10.2. The van der Waals surface area contributed by atoms with E-state index in [1.165, 1.54) is 0 Å². The minimum atomic E-state index is -0.773. The predicted octanol–water partition coefficient (Wildman–Crippen LogP) is 0.686. The van der Waals surface area contributed by atoms with Gasteiger partial charge < -0.3 is 15.5 Å². The first kappa shape index (κ1) is 21.1. The lowest BCUT2D eigenvalue weighted by Crippen LogP contribution is -2.54. The van der Waals surface area contributed by atoms with Crippen molar-refractivity contribution >= 4 is 34.5 Å². The largest absolute Gasteiger partial charge is 0.352 e. The molecule has 9 heteroatoms. The number of piperidine rings is 1. The van der Waals surface area contributed by atoms with E-state index >= 15 is 0 Å². The molecule has 3 aliphatic rings. The van der Waals surface area contributed by atoms with Gasteiger partial charge in [-0.05, 0) is 44.7 Å². The monoisotopic (exact) mass is 409 g/mol. The number of hydrogen-bond donors (Lipinski definition) is 3. The number of rotatable bonds is 6. The zero-order chi connectivity index (χ0) is 19.9. The molecule has 1 saturated carbocycles. The molecule has 0 aromatic carbocycles. The molecule has 2 heterocycles. The number of amidine groups is 1. The standard InChI is InChI=1S/C19H31N5O3S/c1-24-11-12-28-19(24)23-22-18(27)16(25)15(13-7-9-20-10-8-13)21-17(26)14-5-3-2-4-6-14/h13-15,20H,2-12H2,1H3,(H,21,26)(H,22,27). The van der Waals surface area contributed by atoms with Gasteiger partial charge in [0.15, 0.2) is 5.17 Å². The molecule has 1 atom stereocenters. The van der Waals surface area contributed by atoms with Crippen LogP contribution < -0.4 is 16.1 Å². The van der Waals surface area contributed by atoms with Crippen molar-refractivity contribution in [3.8, 4) is 0 Å². The Morgan fingerprint density at radius 3 is 2.50 bits per heavy atom. The maximum Gasteiger partial charge on any atom is 0.309 e. The number of carbonyl (C=O) groups is 3. The average Bonchev–Trinajstić information content (AvgIpc) is 3.15. The van der Waals surface area contributed by atoms with Crippen LogP contribution in [0.2, 0.25) is 0 Å². The molecule has 28 heavy (non-hydrogen) atoms. The molecule has 3 rings (SSSR count). The smallest absolute Gasteiger partial charge is 0.309 e. The van der Waals surface area contributed by atoms with E-state index in [1.807, 2.05) is 11.9 Å². The predicted molar refractivity (Wildman–Crippen MR) is 110 cm³/mol. The Hall–Kier alpha value is -1.61. The molecule has 3 fully saturated rings. The van der Waals surface area contributed by atoms with Crippen LogP contribution in [0.3, 0.4) is 0 Å². The van der Waals surface area contributed by atoms with E-state index in [4.69, 9.17) is 0 Å². The molecule has 8 nitrogen and oxygen atoms in total. The lowest BCUT2D eigenvalue weighted by molar-refractivity contribution is -0.141. The summed E-state index contributed by atoms with van der Waals surface area (Å²) in [5.41, 5.74) is 2.40. The Balaban J connectivity index is 1.65. The summed E-state index contributed by atoms with van der Waals surface area (Å²) in [5, 5.41) is 11.0. The van der Waals surface area contributed by atoms with Crippen LogP contribution in [0.5, 0.6) is 0 Å². The van der Waals surface area contributed by atoms with Crippen molar-refractivity contribution < 1.29 is 14.4 Å². The number of nitrogens with zero attached hydrogens (tertiary/aromatic N) is 2. The Bertz CT molecular complexity index is 615. The van der Waals surface area contributed by atoms with E-state index in [-0.39, 0.29) is 17.7 Å². The number of thioether (sulfide) groups is 1. The second-order valence-electron chi connectivity index (χ2n) is 7.88. The number of carbonyl (C=O) groups excluding carboxylic acids is 3. The minimum absolute atomic E-state index is 0.0248. The molecule has 1 aliphatic carbocycles. The highest BCUT2D eigenvalue weighted by molar-refractivity contribution is 8.14. The maximum atomic E-state index is 12.9. The normalized spacial score (nSPS) is 24.2. The molecule has 2 amide bonds. The van der Waals surface area contributed by atoms with Gasteiger partial charge in [0.2, 0.25) is 11.7 Å². The van der Waals surface area contributed by atoms with E-state index in [9.17, 15) is 14.4 Å². The maximum absolute atomic E-state index is 12.9. The van der Waals surface area contributed by atoms with Crippen molar-refractivity contribution in [1.82, 2.24) is 21.0 Å². The Kier molecular flexibility index (Phi) is 7.73. The van der Waals surface area contributed by atoms with Crippen molar-refractivity contribution in [1.29, 1.82) is 0 Å². The van der Waals surface area contributed by atoms with Crippen LogP contribution in [-0.2, 0) is 14.4 Å². The van der Waals surface area contributed by atoms with Gasteiger partial charge in [-0.2, -0.15) is 0 Å². The van der Waals surface area contributed by atoms with Gasteiger partial charge in [0.05, 0.1) is 0 Å². The number of hydrazone groups is 1. The third kappa shape index (κ3) is 5.47. The molecule has 2 aliphatic heterocycles. The first-order valence-corrected chi connectivity index (χ1v) is 11.3. The van der Waals surface area contributed by atoms with Crippen molar-refractivity contribution in [2.45, 2.75) is 51.0 Å². The quantitative estimate of drug-likeness (QED) is 0.441. The molecular weight excluding hydrogens is 378 g/mol. The molecule has 3 N–H and O–H groups in total. The third-order valence-corrected chi connectivity index (χ3v) is 6.92. The molecular formula is C19H31N5O3S. The summed E-state index contributed by atoms with van der Waals surface area (Å²) in [7, 11) is 1.90. The Morgan fingerprint density at radius 2 is 1.86 bits per heavy atom.